The quantitative estimate of drug-likeness (QED) is 0.494. The van der Waals surface area contributed by atoms with Crippen LogP contribution in [0.5, 0.6) is 5.75 Å². The number of pyridine rings is 1. The maximum absolute atomic E-state index is 13.4. The normalized spacial score (nSPS) is 11.5. The lowest BCUT2D eigenvalue weighted by molar-refractivity contribution is 0.415. The highest BCUT2D eigenvalue weighted by Crippen LogP contribution is 2.24. The minimum Gasteiger partial charge on any atom is -0.497 e. The number of aliphatic imine (C=N–C) groups is 1. The Hall–Kier alpha value is -3.93. The van der Waals surface area contributed by atoms with Gasteiger partial charge in [0.1, 0.15) is 5.75 Å². The molecule has 2 aromatic carbocycles. The molecule has 0 atom stereocenters. The summed E-state index contributed by atoms with van der Waals surface area (Å²) in [7, 11) is 1.63. The second-order valence-corrected chi connectivity index (χ2v) is 6.83. The van der Waals surface area contributed by atoms with Gasteiger partial charge >= 0.3 is 0 Å². The van der Waals surface area contributed by atoms with Gasteiger partial charge < -0.3 is 4.74 Å². The predicted octanol–water partition coefficient (Wildman–Crippen LogP) is 4.25. The number of hydrogen-bond donors (Lipinski definition) is 1. The first-order chi connectivity index (χ1) is 14.7. The minimum atomic E-state index is -0.139. The fourth-order valence-corrected chi connectivity index (χ4v) is 3.28. The lowest BCUT2D eigenvalue weighted by atomic mass is 10.0. The van der Waals surface area contributed by atoms with Gasteiger partial charge in [0.2, 0.25) is 0 Å². The second-order valence-electron chi connectivity index (χ2n) is 6.83. The molecule has 4 aromatic rings. The van der Waals surface area contributed by atoms with E-state index >= 15 is 0 Å². The van der Waals surface area contributed by atoms with E-state index in [1.165, 1.54) is 0 Å². The Kier molecular flexibility index (Phi) is 5.57. The maximum atomic E-state index is 13.4. The van der Waals surface area contributed by atoms with Crippen LogP contribution in [0.15, 0.2) is 88.9 Å². The standard InChI is InChI=1S/C24H22N4O2/c1-17(26-16-18-7-6-14-25-15-18)22-23(19-10-12-21(30-2)13-11-19)27-28(24(22)29)20-8-4-3-5-9-20/h3-15,27H,16H2,1-2H3. The number of ether oxygens (including phenoxy) is 1. The maximum Gasteiger partial charge on any atom is 0.280 e. The van der Waals surface area contributed by atoms with Crippen LogP contribution in [0.2, 0.25) is 0 Å². The highest BCUT2D eigenvalue weighted by molar-refractivity contribution is 6.03. The number of benzene rings is 2. The summed E-state index contributed by atoms with van der Waals surface area (Å²) in [5.74, 6) is 0.757. The molecule has 0 aliphatic carbocycles. The molecule has 2 heterocycles. The Morgan fingerprint density at radius 2 is 1.83 bits per heavy atom. The summed E-state index contributed by atoms with van der Waals surface area (Å²) in [6, 6.07) is 21.0. The molecule has 1 N–H and O–H groups in total. The lowest BCUT2D eigenvalue weighted by Gasteiger charge is -2.05. The van der Waals surface area contributed by atoms with E-state index in [1.54, 1.807) is 24.2 Å². The van der Waals surface area contributed by atoms with Gasteiger partial charge in [-0.3, -0.25) is 19.9 Å². The summed E-state index contributed by atoms with van der Waals surface area (Å²) in [5, 5.41) is 3.27. The molecule has 4 rings (SSSR count). The molecular weight excluding hydrogens is 376 g/mol. The summed E-state index contributed by atoms with van der Waals surface area (Å²) < 4.78 is 6.82. The SMILES string of the molecule is COc1ccc(-c2[nH]n(-c3ccccc3)c(=O)c2C(C)=NCc2cccnc2)cc1. The molecule has 30 heavy (non-hydrogen) atoms. The van der Waals surface area contributed by atoms with E-state index in [4.69, 9.17) is 4.74 Å². The number of para-hydroxylation sites is 1. The van der Waals surface area contributed by atoms with Crippen molar-refractivity contribution in [3.05, 3.63) is 101 Å². The number of rotatable bonds is 6. The first-order valence-corrected chi connectivity index (χ1v) is 9.62. The Morgan fingerprint density at radius 3 is 2.50 bits per heavy atom. The van der Waals surface area contributed by atoms with Crippen molar-refractivity contribution in [1.82, 2.24) is 14.8 Å². The molecule has 0 unspecified atom stereocenters. The number of hydrogen-bond acceptors (Lipinski definition) is 4. The predicted molar refractivity (Wildman–Crippen MR) is 119 cm³/mol. The molecule has 0 spiro atoms. The van der Waals surface area contributed by atoms with Gasteiger partial charge in [0.15, 0.2) is 0 Å². The topological polar surface area (TPSA) is 72.3 Å². The Morgan fingerprint density at radius 1 is 1.07 bits per heavy atom. The summed E-state index contributed by atoms with van der Waals surface area (Å²) in [4.78, 5) is 22.1. The van der Waals surface area contributed by atoms with Crippen molar-refractivity contribution < 1.29 is 4.74 Å². The molecule has 6 heteroatoms. The zero-order valence-electron chi connectivity index (χ0n) is 16.9. The van der Waals surface area contributed by atoms with Crippen LogP contribution in [0.4, 0.5) is 0 Å². The second kappa shape index (κ2) is 8.61. The van der Waals surface area contributed by atoms with Gasteiger partial charge in [0.25, 0.3) is 5.56 Å². The van der Waals surface area contributed by atoms with Crippen LogP contribution in [-0.4, -0.2) is 27.6 Å². The number of H-pyrrole nitrogens is 1. The summed E-state index contributed by atoms with van der Waals surface area (Å²) in [6.07, 6.45) is 3.51. The van der Waals surface area contributed by atoms with E-state index in [0.717, 1.165) is 28.3 Å². The number of nitrogens with one attached hydrogen (secondary N) is 1. The van der Waals surface area contributed by atoms with Gasteiger partial charge in [-0.25, -0.2) is 4.68 Å². The van der Waals surface area contributed by atoms with Gasteiger partial charge in [-0.15, -0.1) is 0 Å². The van der Waals surface area contributed by atoms with Crippen LogP contribution in [0.25, 0.3) is 16.9 Å². The third-order valence-corrected chi connectivity index (χ3v) is 4.87. The minimum absolute atomic E-state index is 0.139. The van der Waals surface area contributed by atoms with Crippen molar-refractivity contribution in [1.29, 1.82) is 0 Å². The van der Waals surface area contributed by atoms with Crippen LogP contribution in [-0.2, 0) is 6.54 Å². The van der Waals surface area contributed by atoms with E-state index in [1.807, 2.05) is 73.7 Å². The van der Waals surface area contributed by atoms with Crippen LogP contribution in [0, 0.1) is 0 Å². The lowest BCUT2D eigenvalue weighted by Crippen LogP contribution is -2.19. The van der Waals surface area contributed by atoms with Crippen molar-refractivity contribution >= 4 is 5.71 Å². The van der Waals surface area contributed by atoms with E-state index in [9.17, 15) is 4.79 Å². The van der Waals surface area contributed by atoms with Gasteiger partial charge in [-0.1, -0.05) is 24.3 Å². The summed E-state index contributed by atoms with van der Waals surface area (Å²) in [5.41, 5.74) is 4.44. The summed E-state index contributed by atoms with van der Waals surface area (Å²) >= 11 is 0. The molecule has 0 amide bonds. The molecule has 6 nitrogen and oxygen atoms in total. The molecule has 2 aromatic heterocycles. The van der Waals surface area contributed by atoms with E-state index in [-0.39, 0.29) is 5.56 Å². The fraction of sp³-hybridized carbons (Fsp3) is 0.125. The van der Waals surface area contributed by atoms with Crippen molar-refractivity contribution in [2.45, 2.75) is 13.5 Å². The van der Waals surface area contributed by atoms with Crippen molar-refractivity contribution in [2.75, 3.05) is 7.11 Å². The van der Waals surface area contributed by atoms with E-state index < -0.39 is 0 Å². The molecule has 0 aliphatic heterocycles. The first-order valence-electron chi connectivity index (χ1n) is 9.62. The molecule has 0 saturated carbocycles. The number of aromatic amines is 1. The third-order valence-electron chi connectivity index (χ3n) is 4.87. The van der Waals surface area contributed by atoms with Crippen LogP contribution >= 0.6 is 0 Å². The highest BCUT2D eigenvalue weighted by atomic mass is 16.5. The molecular formula is C24H22N4O2. The first kappa shape index (κ1) is 19.4. The molecule has 0 bridgehead atoms. The molecule has 0 radical (unpaired) electrons. The number of nitrogens with zero attached hydrogens (tertiary/aromatic N) is 3. The zero-order valence-corrected chi connectivity index (χ0v) is 16.9. The van der Waals surface area contributed by atoms with Gasteiger partial charge in [0, 0.05) is 23.7 Å². The molecule has 150 valence electrons. The molecule has 0 aliphatic rings. The van der Waals surface area contributed by atoms with Crippen LogP contribution in [0.3, 0.4) is 0 Å². The molecule has 0 saturated heterocycles. The van der Waals surface area contributed by atoms with Crippen LogP contribution in [0.1, 0.15) is 18.1 Å². The zero-order chi connectivity index (χ0) is 20.9. The van der Waals surface area contributed by atoms with Crippen molar-refractivity contribution in [3.63, 3.8) is 0 Å². The third kappa shape index (κ3) is 3.93. The highest BCUT2D eigenvalue weighted by Gasteiger charge is 2.19. The monoisotopic (exact) mass is 398 g/mol. The van der Waals surface area contributed by atoms with Gasteiger partial charge in [-0.2, -0.15) is 0 Å². The van der Waals surface area contributed by atoms with E-state index in [0.29, 0.717) is 17.8 Å². The molecule has 0 fully saturated rings. The van der Waals surface area contributed by atoms with Crippen molar-refractivity contribution in [2.24, 2.45) is 4.99 Å². The van der Waals surface area contributed by atoms with Gasteiger partial charge in [0.05, 0.1) is 30.6 Å². The number of methoxy groups -OCH3 is 1. The smallest absolute Gasteiger partial charge is 0.280 e. The summed E-state index contributed by atoms with van der Waals surface area (Å²) in [6.45, 7) is 2.32. The Bertz CT molecular complexity index is 1210. The Labute approximate surface area is 174 Å². The largest absolute Gasteiger partial charge is 0.497 e. The number of aromatic nitrogens is 3. The van der Waals surface area contributed by atoms with Crippen molar-refractivity contribution in [3.8, 4) is 22.7 Å². The van der Waals surface area contributed by atoms with Crippen LogP contribution < -0.4 is 10.3 Å². The average Bonchev–Trinajstić information content (AvgIpc) is 3.16. The fourth-order valence-electron chi connectivity index (χ4n) is 3.28. The van der Waals surface area contributed by atoms with Gasteiger partial charge in [-0.05, 0) is 55.0 Å². The Balaban J connectivity index is 1.82. The van der Waals surface area contributed by atoms with E-state index in [2.05, 4.69) is 15.1 Å². The average molecular weight is 398 g/mol.